The minimum absolute atomic E-state index is 0.0393. The summed E-state index contributed by atoms with van der Waals surface area (Å²) in [5.74, 6) is 1.28. The number of amides is 2. The number of rotatable bonds is 0. The minimum Gasteiger partial charge on any atom is -0.490 e. The molecule has 1 spiro atoms. The third kappa shape index (κ3) is 4.05. The third-order valence-corrected chi connectivity index (χ3v) is 7.43. The molecule has 7 heteroatoms. The van der Waals surface area contributed by atoms with Gasteiger partial charge in [0, 0.05) is 6.54 Å². The van der Waals surface area contributed by atoms with E-state index in [9.17, 15) is 9.59 Å². The van der Waals surface area contributed by atoms with E-state index in [0.717, 1.165) is 31.4 Å². The van der Waals surface area contributed by atoms with Gasteiger partial charge in [-0.25, -0.2) is 0 Å². The molecule has 5 aliphatic rings. The van der Waals surface area contributed by atoms with Crippen LogP contribution >= 0.6 is 0 Å². The Labute approximate surface area is 183 Å². The molecule has 3 atom stereocenters. The first kappa shape index (κ1) is 20.8. The lowest BCUT2D eigenvalue weighted by Gasteiger charge is -2.42. The van der Waals surface area contributed by atoms with E-state index in [-0.39, 0.29) is 36.7 Å². The lowest BCUT2D eigenvalue weighted by atomic mass is 9.82. The second-order valence-electron chi connectivity index (χ2n) is 9.53. The maximum Gasteiger partial charge on any atom is 0.246 e. The van der Waals surface area contributed by atoms with E-state index in [2.05, 4.69) is 17.4 Å². The second kappa shape index (κ2) is 8.43. The molecule has 4 aliphatic heterocycles. The Morgan fingerprint density at radius 2 is 1.94 bits per heavy atom. The van der Waals surface area contributed by atoms with E-state index in [0.29, 0.717) is 38.5 Å². The molecule has 0 radical (unpaired) electrons. The van der Waals surface area contributed by atoms with Crippen LogP contribution in [0, 0.1) is 0 Å². The molecule has 3 fully saturated rings. The van der Waals surface area contributed by atoms with Crippen LogP contribution in [0.4, 0.5) is 0 Å². The number of nitrogens with one attached hydrogen (secondary N) is 1. The van der Waals surface area contributed by atoms with Crippen LogP contribution in [0.25, 0.3) is 0 Å². The Hall–Kier alpha value is -2.12. The number of nitrogens with zero attached hydrogens (tertiary/aromatic N) is 1. The van der Waals surface area contributed by atoms with Crippen molar-refractivity contribution in [1.29, 1.82) is 0 Å². The molecule has 1 aliphatic carbocycles. The molecule has 1 aromatic carbocycles. The van der Waals surface area contributed by atoms with E-state index < -0.39 is 5.54 Å². The number of hydrogen-bond acceptors (Lipinski definition) is 5. The fourth-order valence-electron chi connectivity index (χ4n) is 5.79. The molecule has 2 saturated heterocycles. The van der Waals surface area contributed by atoms with Crippen molar-refractivity contribution in [3.63, 3.8) is 0 Å². The number of carbonyl (C=O) groups excluding carboxylic acids is 2. The fourth-order valence-corrected chi connectivity index (χ4v) is 5.79. The molecule has 2 amide bonds. The zero-order chi connectivity index (χ0) is 21.4. The van der Waals surface area contributed by atoms with Crippen LogP contribution in [0.3, 0.4) is 0 Å². The van der Waals surface area contributed by atoms with Gasteiger partial charge in [0.15, 0.2) is 0 Å². The van der Waals surface area contributed by atoms with E-state index in [1.54, 1.807) is 0 Å². The van der Waals surface area contributed by atoms with Crippen molar-refractivity contribution in [3.8, 4) is 5.75 Å². The zero-order valence-corrected chi connectivity index (χ0v) is 18.2. The molecule has 2 bridgehead atoms. The van der Waals surface area contributed by atoms with Gasteiger partial charge in [-0.3, -0.25) is 9.59 Å². The summed E-state index contributed by atoms with van der Waals surface area (Å²) in [7, 11) is 0. The summed E-state index contributed by atoms with van der Waals surface area (Å²) in [4.78, 5) is 27.3. The van der Waals surface area contributed by atoms with Gasteiger partial charge in [-0.15, -0.1) is 0 Å². The summed E-state index contributed by atoms with van der Waals surface area (Å²) in [5, 5.41) is 3.14. The van der Waals surface area contributed by atoms with E-state index in [1.165, 1.54) is 5.56 Å². The molecule has 1 N–H and O–H groups in total. The van der Waals surface area contributed by atoms with Crippen LogP contribution < -0.4 is 10.1 Å². The van der Waals surface area contributed by atoms with Crippen molar-refractivity contribution < 1.29 is 23.8 Å². The lowest BCUT2D eigenvalue weighted by Crippen LogP contribution is -2.65. The highest BCUT2D eigenvalue weighted by molar-refractivity contribution is 5.81. The van der Waals surface area contributed by atoms with Crippen molar-refractivity contribution in [2.75, 3.05) is 26.4 Å². The monoisotopic (exact) mass is 428 g/mol. The summed E-state index contributed by atoms with van der Waals surface area (Å²) >= 11 is 0. The molecule has 31 heavy (non-hydrogen) atoms. The summed E-state index contributed by atoms with van der Waals surface area (Å²) in [6.45, 7) is 3.48. The number of benzene rings is 1. The highest BCUT2D eigenvalue weighted by Gasteiger charge is 2.52. The number of morpholine rings is 1. The standard InChI is InChI=1S/C24H32N2O5/c1-16-12-23(28)26-11-10-24(15-29-14-22(27)25-24)21(26)13-30-18-8-6-17(7-9-18)19-4-2-3-5-20(19)31-16/h2-5,16-18,21H,6-15H2,1H3,(H,25,27)/t16?,17-,18+,21?,24?. The van der Waals surface area contributed by atoms with Crippen LogP contribution in [0.5, 0.6) is 5.75 Å². The first-order valence-corrected chi connectivity index (χ1v) is 11.6. The predicted molar refractivity (Wildman–Crippen MR) is 114 cm³/mol. The third-order valence-electron chi connectivity index (χ3n) is 7.43. The Morgan fingerprint density at radius 1 is 1.13 bits per heavy atom. The number of fused-ring (bicyclic) bond motifs is 6. The van der Waals surface area contributed by atoms with Gasteiger partial charge in [0.1, 0.15) is 18.5 Å². The Morgan fingerprint density at radius 3 is 2.74 bits per heavy atom. The van der Waals surface area contributed by atoms with Gasteiger partial charge in [-0.05, 0) is 56.6 Å². The zero-order valence-electron chi connectivity index (χ0n) is 18.2. The van der Waals surface area contributed by atoms with Gasteiger partial charge in [0.2, 0.25) is 11.8 Å². The summed E-state index contributed by atoms with van der Waals surface area (Å²) in [5.41, 5.74) is 0.688. The van der Waals surface area contributed by atoms with E-state index >= 15 is 0 Å². The fraction of sp³-hybridized carbons (Fsp3) is 0.667. The van der Waals surface area contributed by atoms with Gasteiger partial charge in [-0.1, -0.05) is 18.2 Å². The van der Waals surface area contributed by atoms with Gasteiger partial charge in [-0.2, -0.15) is 0 Å². The molecule has 1 saturated carbocycles. The van der Waals surface area contributed by atoms with E-state index in [4.69, 9.17) is 14.2 Å². The quantitative estimate of drug-likeness (QED) is 0.687. The molecular weight excluding hydrogens is 396 g/mol. The van der Waals surface area contributed by atoms with Crippen molar-refractivity contribution in [2.45, 2.75) is 75.2 Å². The van der Waals surface area contributed by atoms with Crippen molar-refractivity contribution in [1.82, 2.24) is 10.2 Å². The summed E-state index contributed by atoms with van der Waals surface area (Å²) < 4.78 is 18.3. The van der Waals surface area contributed by atoms with Crippen LogP contribution in [-0.2, 0) is 19.1 Å². The highest BCUT2D eigenvalue weighted by atomic mass is 16.5. The Bertz CT molecular complexity index is 837. The molecule has 6 rings (SSSR count). The molecule has 168 valence electrons. The van der Waals surface area contributed by atoms with Gasteiger partial charge in [0.25, 0.3) is 0 Å². The van der Waals surface area contributed by atoms with Crippen LogP contribution in [0.1, 0.15) is 56.9 Å². The molecule has 3 unspecified atom stereocenters. The maximum absolute atomic E-state index is 13.3. The first-order chi connectivity index (χ1) is 15.0. The van der Waals surface area contributed by atoms with Crippen LogP contribution in [0.2, 0.25) is 0 Å². The number of hydrogen-bond donors (Lipinski definition) is 1. The average molecular weight is 429 g/mol. The number of para-hydroxylation sites is 1. The SMILES string of the molecule is CC1CC(=O)N2CCC3(COCC(=O)N3)C2CO[C@H]2CC[C@H](CC2)c2ccccc2O1. The smallest absolute Gasteiger partial charge is 0.246 e. The van der Waals surface area contributed by atoms with Crippen LogP contribution in [0.15, 0.2) is 24.3 Å². The summed E-state index contributed by atoms with van der Waals surface area (Å²) in [6, 6.07) is 8.03. The van der Waals surface area contributed by atoms with Crippen molar-refractivity contribution in [2.24, 2.45) is 0 Å². The largest absolute Gasteiger partial charge is 0.490 e. The lowest BCUT2D eigenvalue weighted by molar-refractivity contribution is -0.144. The molecule has 0 aromatic heterocycles. The molecule has 1 aromatic rings. The Kier molecular flexibility index (Phi) is 5.65. The van der Waals surface area contributed by atoms with Gasteiger partial charge < -0.3 is 24.4 Å². The molecule has 4 heterocycles. The minimum atomic E-state index is -0.560. The number of ether oxygens (including phenoxy) is 3. The van der Waals surface area contributed by atoms with Crippen molar-refractivity contribution >= 4 is 11.8 Å². The average Bonchev–Trinajstić information content (AvgIpc) is 3.09. The maximum atomic E-state index is 13.3. The first-order valence-electron chi connectivity index (χ1n) is 11.6. The highest BCUT2D eigenvalue weighted by Crippen LogP contribution is 2.40. The van der Waals surface area contributed by atoms with Crippen molar-refractivity contribution in [3.05, 3.63) is 29.8 Å². The topological polar surface area (TPSA) is 77.1 Å². The van der Waals surface area contributed by atoms with Crippen LogP contribution in [-0.4, -0.2) is 66.9 Å². The second-order valence-corrected chi connectivity index (χ2v) is 9.53. The van der Waals surface area contributed by atoms with Gasteiger partial charge >= 0.3 is 0 Å². The van der Waals surface area contributed by atoms with E-state index in [1.807, 2.05) is 24.0 Å². The predicted octanol–water partition coefficient (Wildman–Crippen LogP) is 2.39. The Balaban J connectivity index is 1.43. The number of carbonyl (C=O) groups is 2. The summed E-state index contributed by atoms with van der Waals surface area (Å²) in [6.07, 6.45) is 5.04. The normalized spacial score (nSPS) is 36.4. The molecule has 7 nitrogen and oxygen atoms in total. The molecular formula is C24H32N2O5. The van der Waals surface area contributed by atoms with Gasteiger partial charge in [0.05, 0.1) is 37.3 Å².